The third-order valence-electron chi connectivity index (χ3n) is 2.55. The predicted molar refractivity (Wildman–Crippen MR) is 86.0 cm³/mol. The molecule has 0 unspecified atom stereocenters. The lowest BCUT2D eigenvalue weighted by molar-refractivity contribution is 0.0954. The van der Waals surface area contributed by atoms with Crippen molar-refractivity contribution in [3.8, 4) is 0 Å². The molecule has 1 heterocycles. The van der Waals surface area contributed by atoms with Gasteiger partial charge in [0.15, 0.2) is 0 Å². The molecule has 1 aromatic heterocycles. The van der Waals surface area contributed by atoms with Gasteiger partial charge in [-0.3, -0.25) is 4.79 Å². The Hall–Kier alpha value is -1.22. The first-order valence-electron chi connectivity index (χ1n) is 6.07. The molecule has 8 heteroatoms. The second-order valence-corrected chi connectivity index (χ2v) is 8.54. The zero-order valence-corrected chi connectivity index (χ0v) is 14.1. The maximum absolute atomic E-state index is 11.9. The van der Waals surface area contributed by atoms with Gasteiger partial charge in [-0.1, -0.05) is 18.2 Å². The van der Waals surface area contributed by atoms with E-state index in [9.17, 15) is 13.2 Å². The van der Waals surface area contributed by atoms with Gasteiger partial charge in [0.1, 0.15) is 4.21 Å². The molecule has 0 radical (unpaired) electrons. The second kappa shape index (κ2) is 7.17. The minimum atomic E-state index is -3.51. The van der Waals surface area contributed by atoms with Crippen molar-refractivity contribution < 1.29 is 13.2 Å². The van der Waals surface area contributed by atoms with E-state index in [0.717, 1.165) is 15.1 Å². The van der Waals surface area contributed by atoms with Crippen molar-refractivity contribution in [2.75, 3.05) is 13.1 Å². The molecule has 21 heavy (non-hydrogen) atoms. The monoisotopic (exact) mass is 388 g/mol. The number of carbonyl (C=O) groups excluding carboxylic acids is 1. The number of amides is 1. The van der Waals surface area contributed by atoms with E-state index in [1.807, 2.05) is 6.07 Å². The van der Waals surface area contributed by atoms with Gasteiger partial charge >= 0.3 is 0 Å². The number of carbonyl (C=O) groups is 1. The van der Waals surface area contributed by atoms with Crippen LogP contribution in [0.15, 0.2) is 50.5 Å². The summed E-state index contributed by atoms with van der Waals surface area (Å²) in [5.74, 6) is -0.228. The van der Waals surface area contributed by atoms with Gasteiger partial charge in [-0.2, -0.15) is 0 Å². The highest BCUT2D eigenvalue weighted by Gasteiger charge is 2.15. The van der Waals surface area contributed by atoms with Crippen molar-refractivity contribution in [3.63, 3.8) is 0 Å². The molecule has 0 aliphatic heterocycles. The van der Waals surface area contributed by atoms with Gasteiger partial charge in [0.05, 0.1) is 3.79 Å². The Balaban J connectivity index is 1.81. The summed E-state index contributed by atoms with van der Waals surface area (Å²) in [6, 6.07) is 12.0. The van der Waals surface area contributed by atoms with Gasteiger partial charge in [-0.25, -0.2) is 13.1 Å². The number of hydrogen-bond acceptors (Lipinski definition) is 4. The average Bonchev–Trinajstić information content (AvgIpc) is 2.92. The molecule has 0 fully saturated rings. The van der Waals surface area contributed by atoms with E-state index in [-0.39, 0.29) is 23.2 Å². The molecule has 1 aromatic carbocycles. The minimum absolute atomic E-state index is 0.135. The molecule has 1 amide bonds. The quantitative estimate of drug-likeness (QED) is 0.744. The molecule has 5 nitrogen and oxygen atoms in total. The Bertz CT molecular complexity index is 714. The fourth-order valence-electron chi connectivity index (χ4n) is 1.57. The number of hydrogen-bond donors (Lipinski definition) is 2. The van der Waals surface area contributed by atoms with E-state index in [1.165, 1.54) is 6.07 Å². The Morgan fingerprint density at radius 1 is 1.10 bits per heavy atom. The van der Waals surface area contributed by atoms with E-state index in [2.05, 4.69) is 26.0 Å². The van der Waals surface area contributed by atoms with Gasteiger partial charge in [0.2, 0.25) is 10.0 Å². The molecule has 2 N–H and O–H groups in total. The van der Waals surface area contributed by atoms with Crippen LogP contribution in [0.1, 0.15) is 10.4 Å². The molecular formula is C13H13BrN2O3S2. The van der Waals surface area contributed by atoms with Crippen molar-refractivity contribution in [2.24, 2.45) is 0 Å². The molecule has 0 spiro atoms. The molecule has 0 aliphatic rings. The zero-order valence-electron chi connectivity index (χ0n) is 10.9. The highest BCUT2D eigenvalue weighted by molar-refractivity contribution is 9.11. The van der Waals surface area contributed by atoms with Crippen LogP contribution in [0.2, 0.25) is 0 Å². The van der Waals surface area contributed by atoms with E-state index < -0.39 is 10.0 Å². The highest BCUT2D eigenvalue weighted by atomic mass is 79.9. The van der Waals surface area contributed by atoms with Crippen LogP contribution in [0.25, 0.3) is 0 Å². The molecule has 0 atom stereocenters. The fraction of sp³-hybridized carbons (Fsp3) is 0.154. The first-order valence-corrected chi connectivity index (χ1v) is 9.16. The molecule has 0 saturated heterocycles. The summed E-state index contributed by atoms with van der Waals surface area (Å²) in [6.07, 6.45) is 0. The molecular weight excluding hydrogens is 376 g/mol. The molecule has 0 aliphatic carbocycles. The van der Waals surface area contributed by atoms with Crippen molar-refractivity contribution in [1.82, 2.24) is 10.0 Å². The summed E-state index contributed by atoms with van der Waals surface area (Å²) in [4.78, 5) is 11.8. The van der Waals surface area contributed by atoms with Crippen LogP contribution in [0.3, 0.4) is 0 Å². The largest absolute Gasteiger partial charge is 0.351 e. The molecule has 0 saturated carbocycles. The lowest BCUT2D eigenvalue weighted by Gasteiger charge is -2.06. The first kappa shape index (κ1) is 16.2. The fourth-order valence-corrected chi connectivity index (χ4v) is 4.65. The number of benzene rings is 1. The zero-order chi connectivity index (χ0) is 15.3. The lowest BCUT2D eigenvalue weighted by atomic mass is 10.2. The summed E-state index contributed by atoms with van der Waals surface area (Å²) in [6.45, 7) is 0.357. The smallest absolute Gasteiger partial charge is 0.251 e. The minimum Gasteiger partial charge on any atom is -0.351 e. The topological polar surface area (TPSA) is 75.3 Å². The van der Waals surface area contributed by atoms with Crippen molar-refractivity contribution in [1.29, 1.82) is 0 Å². The third-order valence-corrected chi connectivity index (χ3v) is 6.13. The number of halogens is 1. The molecule has 112 valence electrons. The molecule has 0 bridgehead atoms. The van der Waals surface area contributed by atoms with Crippen molar-refractivity contribution in [2.45, 2.75) is 4.21 Å². The number of nitrogens with one attached hydrogen (secondary N) is 2. The van der Waals surface area contributed by atoms with Crippen LogP contribution in [0, 0.1) is 0 Å². The van der Waals surface area contributed by atoms with E-state index in [4.69, 9.17) is 0 Å². The van der Waals surface area contributed by atoms with Crippen LogP contribution < -0.4 is 10.0 Å². The van der Waals surface area contributed by atoms with E-state index in [0.29, 0.717) is 5.56 Å². The van der Waals surface area contributed by atoms with Gasteiger partial charge < -0.3 is 5.32 Å². The summed E-state index contributed by atoms with van der Waals surface area (Å²) >= 11 is 4.36. The van der Waals surface area contributed by atoms with Gasteiger partial charge in [-0.15, -0.1) is 11.3 Å². The van der Waals surface area contributed by atoms with Crippen LogP contribution in [0.5, 0.6) is 0 Å². The maximum Gasteiger partial charge on any atom is 0.251 e. The standard InChI is InChI=1S/C13H13BrN2O3S2/c14-11-6-7-12(20-11)21(18,19)16-9-8-15-13(17)10-4-2-1-3-5-10/h1-7,16H,8-9H2,(H,15,17). The van der Waals surface area contributed by atoms with Crippen LogP contribution >= 0.6 is 27.3 Å². The maximum atomic E-state index is 11.9. The van der Waals surface area contributed by atoms with Crippen LogP contribution in [-0.4, -0.2) is 27.4 Å². The number of rotatable bonds is 6. The lowest BCUT2D eigenvalue weighted by Crippen LogP contribution is -2.34. The van der Waals surface area contributed by atoms with E-state index >= 15 is 0 Å². The molecule has 2 rings (SSSR count). The summed E-state index contributed by atoms with van der Waals surface area (Å²) < 4.78 is 27.3. The Morgan fingerprint density at radius 3 is 2.43 bits per heavy atom. The van der Waals surface area contributed by atoms with Gasteiger partial charge in [0, 0.05) is 18.7 Å². The van der Waals surface area contributed by atoms with Crippen LogP contribution in [-0.2, 0) is 10.0 Å². The summed E-state index contributed by atoms with van der Waals surface area (Å²) in [7, 11) is -3.51. The highest BCUT2D eigenvalue weighted by Crippen LogP contribution is 2.25. The summed E-state index contributed by atoms with van der Waals surface area (Å²) in [5.41, 5.74) is 0.544. The second-order valence-electron chi connectivity index (χ2n) is 4.08. The van der Waals surface area contributed by atoms with E-state index in [1.54, 1.807) is 30.3 Å². The van der Waals surface area contributed by atoms with Gasteiger partial charge in [-0.05, 0) is 40.2 Å². The number of sulfonamides is 1. The predicted octanol–water partition coefficient (Wildman–Crippen LogP) is 2.22. The summed E-state index contributed by atoms with van der Waals surface area (Å²) in [5, 5.41) is 2.66. The molecule has 2 aromatic rings. The number of thiophene rings is 1. The Labute approximate surface area is 135 Å². The Kier molecular flexibility index (Phi) is 5.51. The Morgan fingerprint density at radius 2 is 1.81 bits per heavy atom. The third kappa shape index (κ3) is 4.63. The SMILES string of the molecule is O=C(NCCNS(=O)(=O)c1ccc(Br)s1)c1ccccc1. The van der Waals surface area contributed by atoms with Crippen LogP contribution in [0.4, 0.5) is 0 Å². The van der Waals surface area contributed by atoms with Gasteiger partial charge in [0.25, 0.3) is 5.91 Å². The average molecular weight is 389 g/mol. The van der Waals surface area contributed by atoms with Crippen molar-refractivity contribution >= 4 is 43.2 Å². The first-order chi connectivity index (χ1) is 9.99. The van der Waals surface area contributed by atoms with Crippen molar-refractivity contribution in [3.05, 3.63) is 51.8 Å². The normalized spacial score (nSPS) is 11.3.